The Labute approximate surface area is 79.8 Å². The van der Waals surface area contributed by atoms with Crippen molar-refractivity contribution in [1.82, 2.24) is 0 Å². The normalized spacial score (nSPS) is 51.4. The largest absolute Gasteiger partial charge is 0.412 e. The highest BCUT2D eigenvalue weighted by molar-refractivity contribution is 5.00. The molecule has 0 aromatic carbocycles. The second-order valence-electron chi connectivity index (χ2n) is 3.36. The Morgan fingerprint density at radius 1 is 1.21 bits per heavy atom. The van der Waals surface area contributed by atoms with Crippen LogP contribution in [0, 0.1) is 0 Å². The van der Waals surface area contributed by atoms with Crippen molar-refractivity contribution in [2.75, 3.05) is 13.2 Å². The first-order valence-corrected chi connectivity index (χ1v) is 4.07. The summed E-state index contributed by atoms with van der Waals surface area (Å²) in [6.07, 6.45) is -4.61. The van der Waals surface area contributed by atoms with Crippen molar-refractivity contribution in [1.29, 1.82) is 0 Å². The van der Waals surface area contributed by atoms with Gasteiger partial charge in [-0.3, -0.25) is 0 Å². The van der Waals surface area contributed by atoms with Crippen molar-refractivity contribution < 1.29 is 35.4 Å². The molecule has 0 amide bonds. The average molecular weight is 210 g/mol. The topological polar surface area (TPSA) is 131 Å². The van der Waals surface area contributed by atoms with Gasteiger partial charge < -0.3 is 35.4 Å². The standard InChI is InChI=1S/C7H12O6.H2O/c8-2-7-6(11)5(10)4(9)3(13-7)1-12-7;/h3-6,8-11H,1-2H2;1H2/t3?,4?,5?,6?,7-;/m1./s1. The number of rotatable bonds is 1. The molecule has 0 spiro atoms. The fourth-order valence-corrected chi connectivity index (χ4v) is 1.71. The highest BCUT2D eigenvalue weighted by atomic mass is 16.8. The molecule has 84 valence electrons. The first kappa shape index (κ1) is 11.8. The summed E-state index contributed by atoms with van der Waals surface area (Å²) in [7, 11) is 0. The van der Waals surface area contributed by atoms with Crippen LogP contribution < -0.4 is 0 Å². The zero-order valence-corrected chi connectivity index (χ0v) is 7.33. The number of aliphatic hydroxyl groups excluding tert-OH is 4. The van der Waals surface area contributed by atoms with E-state index in [2.05, 4.69) is 0 Å². The van der Waals surface area contributed by atoms with Crippen molar-refractivity contribution in [3.05, 3.63) is 0 Å². The number of hydrogen-bond donors (Lipinski definition) is 4. The fraction of sp³-hybridized carbons (Fsp3) is 1.00. The van der Waals surface area contributed by atoms with Crippen LogP contribution in [0.1, 0.15) is 0 Å². The Hall–Kier alpha value is -0.280. The Bertz CT molecular complexity index is 210. The van der Waals surface area contributed by atoms with E-state index in [9.17, 15) is 15.3 Å². The summed E-state index contributed by atoms with van der Waals surface area (Å²) in [4.78, 5) is 0. The van der Waals surface area contributed by atoms with Gasteiger partial charge in [-0.1, -0.05) is 0 Å². The van der Waals surface area contributed by atoms with E-state index in [0.717, 1.165) is 0 Å². The van der Waals surface area contributed by atoms with E-state index in [0.29, 0.717) is 0 Å². The quantitative estimate of drug-likeness (QED) is 0.353. The van der Waals surface area contributed by atoms with E-state index >= 15 is 0 Å². The van der Waals surface area contributed by atoms with Crippen molar-refractivity contribution in [3.63, 3.8) is 0 Å². The first-order valence-electron chi connectivity index (χ1n) is 4.07. The van der Waals surface area contributed by atoms with Gasteiger partial charge in [-0.05, 0) is 0 Å². The Morgan fingerprint density at radius 3 is 2.43 bits per heavy atom. The molecule has 0 aromatic rings. The van der Waals surface area contributed by atoms with Gasteiger partial charge in [0.05, 0.1) is 6.61 Å². The molecule has 0 aliphatic carbocycles. The third-order valence-electron chi connectivity index (χ3n) is 2.57. The molecule has 0 aromatic heterocycles. The molecule has 2 heterocycles. The van der Waals surface area contributed by atoms with E-state index in [-0.39, 0.29) is 12.1 Å². The second kappa shape index (κ2) is 3.70. The van der Waals surface area contributed by atoms with Crippen LogP contribution in [0.25, 0.3) is 0 Å². The summed E-state index contributed by atoms with van der Waals surface area (Å²) in [5.74, 6) is -1.55. The van der Waals surface area contributed by atoms with E-state index < -0.39 is 36.8 Å². The van der Waals surface area contributed by atoms with Gasteiger partial charge in [0.15, 0.2) is 0 Å². The van der Waals surface area contributed by atoms with Crippen LogP contribution in [-0.2, 0) is 9.47 Å². The molecule has 2 aliphatic heterocycles. The lowest BCUT2D eigenvalue weighted by Crippen LogP contribution is -2.62. The molecule has 2 bridgehead atoms. The molecule has 5 atom stereocenters. The van der Waals surface area contributed by atoms with Gasteiger partial charge in [-0.15, -0.1) is 0 Å². The van der Waals surface area contributed by atoms with Gasteiger partial charge >= 0.3 is 0 Å². The summed E-state index contributed by atoms with van der Waals surface area (Å²) in [6, 6.07) is 0. The minimum absolute atomic E-state index is 0. The van der Waals surface area contributed by atoms with Crippen LogP contribution >= 0.6 is 0 Å². The lowest BCUT2D eigenvalue weighted by Gasteiger charge is -2.39. The van der Waals surface area contributed by atoms with Crippen LogP contribution in [0.2, 0.25) is 0 Å². The highest BCUT2D eigenvalue weighted by Crippen LogP contribution is 2.36. The SMILES string of the molecule is O.OC[C@@]12OCC(O1)C(O)C(O)C2O. The fourth-order valence-electron chi connectivity index (χ4n) is 1.71. The Morgan fingerprint density at radius 2 is 1.86 bits per heavy atom. The molecule has 6 N–H and O–H groups in total. The van der Waals surface area contributed by atoms with Crippen LogP contribution in [0.4, 0.5) is 0 Å². The Kier molecular flexibility index (Phi) is 3.12. The summed E-state index contributed by atoms with van der Waals surface area (Å²) in [5.41, 5.74) is 0. The predicted molar refractivity (Wildman–Crippen MR) is 42.3 cm³/mol. The van der Waals surface area contributed by atoms with Crippen LogP contribution in [-0.4, -0.2) is 69.3 Å². The van der Waals surface area contributed by atoms with Crippen LogP contribution in [0.15, 0.2) is 0 Å². The van der Waals surface area contributed by atoms with Crippen molar-refractivity contribution in [3.8, 4) is 0 Å². The molecule has 0 radical (unpaired) electrons. The van der Waals surface area contributed by atoms with Gasteiger partial charge in [0.25, 0.3) is 0 Å². The number of fused-ring (bicyclic) bond motifs is 2. The summed E-state index contributed by atoms with van der Waals surface area (Å²) in [5, 5.41) is 37.1. The van der Waals surface area contributed by atoms with E-state index in [4.69, 9.17) is 14.6 Å². The Balaban J connectivity index is 0.000000980. The number of ether oxygens (including phenoxy) is 2. The summed E-state index contributed by atoms with van der Waals surface area (Å²) < 4.78 is 10.1. The molecular formula is C7H14O7. The molecule has 7 nitrogen and oxygen atoms in total. The molecular weight excluding hydrogens is 196 g/mol. The van der Waals surface area contributed by atoms with Gasteiger partial charge in [0.2, 0.25) is 5.79 Å². The maximum absolute atomic E-state index is 9.47. The van der Waals surface area contributed by atoms with Crippen molar-refractivity contribution in [2.24, 2.45) is 0 Å². The zero-order valence-electron chi connectivity index (χ0n) is 7.33. The first-order chi connectivity index (χ1) is 6.10. The number of aliphatic hydroxyl groups is 4. The number of hydrogen-bond acceptors (Lipinski definition) is 6. The third kappa shape index (κ3) is 1.34. The second-order valence-corrected chi connectivity index (χ2v) is 3.36. The van der Waals surface area contributed by atoms with Gasteiger partial charge in [-0.25, -0.2) is 0 Å². The summed E-state index contributed by atoms with van der Waals surface area (Å²) in [6.45, 7) is -0.482. The summed E-state index contributed by atoms with van der Waals surface area (Å²) >= 11 is 0. The minimum Gasteiger partial charge on any atom is -0.412 e. The smallest absolute Gasteiger partial charge is 0.221 e. The molecule has 2 aliphatic rings. The lowest BCUT2D eigenvalue weighted by atomic mass is 9.95. The molecule has 4 unspecified atom stereocenters. The minimum atomic E-state index is -1.55. The van der Waals surface area contributed by atoms with Crippen LogP contribution in [0.5, 0.6) is 0 Å². The van der Waals surface area contributed by atoms with E-state index in [1.165, 1.54) is 0 Å². The lowest BCUT2D eigenvalue weighted by molar-refractivity contribution is -0.305. The van der Waals surface area contributed by atoms with Gasteiger partial charge in [0.1, 0.15) is 31.0 Å². The van der Waals surface area contributed by atoms with E-state index in [1.54, 1.807) is 0 Å². The molecule has 14 heavy (non-hydrogen) atoms. The predicted octanol–water partition coefficient (Wildman–Crippen LogP) is -3.64. The zero-order chi connectivity index (χ0) is 9.64. The molecule has 0 saturated carbocycles. The third-order valence-corrected chi connectivity index (χ3v) is 2.57. The maximum atomic E-state index is 9.47. The molecule has 2 rings (SSSR count). The maximum Gasteiger partial charge on any atom is 0.221 e. The molecule has 2 fully saturated rings. The van der Waals surface area contributed by atoms with Gasteiger partial charge in [-0.2, -0.15) is 0 Å². The van der Waals surface area contributed by atoms with Crippen molar-refractivity contribution in [2.45, 2.75) is 30.2 Å². The molecule has 7 heteroatoms. The average Bonchev–Trinajstić information content (AvgIpc) is 2.55. The van der Waals surface area contributed by atoms with Crippen LogP contribution in [0.3, 0.4) is 0 Å². The van der Waals surface area contributed by atoms with Crippen molar-refractivity contribution >= 4 is 0 Å². The monoisotopic (exact) mass is 210 g/mol. The highest BCUT2D eigenvalue weighted by Gasteiger charge is 2.58. The van der Waals surface area contributed by atoms with E-state index in [1.807, 2.05) is 0 Å². The van der Waals surface area contributed by atoms with Gasteiger partial charge in [0, 0.05) is 0 Å². The molecule has 2 saturated heterocycles.